The maximum absolute atomic E-state index is 11.9. The zero-order valence-corrected chi connectivity index (χ0v) is 15.1. The number of hydrogen-bond donors (Lipinski definition) is 1. The van der Waals surface area contributed by atoms with Crippen molar-refractivity contribution in [3.8, 4) is 0 Å². The molecule has 0 aliphatic heterocycles. The second-order valence-corrected chi connectivity index (χ2v) is 7.47. The number of carbonyl (C=O) groups excluding carboxylic acids is 1. The molecule has 0 spiro atoms. The first-order valence-electron chi connectivity index (χ1n) is 6.92. The van der Waals surface area contributed by atoms with Gasteiger partial charge in [-0.15, -0.1) is 0 Å². The van der Waals surface area contributed by atoms with Gasteiger partial charge in [-0.2, -0.15) is 0 Å². The second-order valence-electron chi connectivity index (χ2n) is 4.65. The van der Waals surface area contributed by atoms with E-state index in [4.69, 9.17) is 4.74 Å². The summed E-state index contributed by atoms with van der Waals surface area (Å²) in [5, 5.41) is 2.69. The molecule has 1 aromatic carbocycles. The van der Waals surface area contributed by atoms with E-state index in [1.807, 2.05) is 6.92 Å². The zero-order chi connectivity index (χ0) is 16.6. The van der Waals surface area contributed by atoms with Crippen molar-refractivity contribution < 1.29 is 17.9 Å². The molecule has 8 heteroatoms. The Kier molecular flexibility index (Phi) is 7.84. The number of carbonyl (C=O) groups is 1. The number of sulfonamides is 1. The Bertz CT molecular complexity index is 592. The van der Waals surface area contributed by atoms with E-state index in [-0.39, 0.29) is 12.5 Å². The molecular weight excluding hydrogens is 372 g/mol. The SMILES string of the molecule is CCOCCCNC(=O)CN(c1cccc(Br)c1)S(C)(=O)=O. The Hall–Kier alpha value is -1.12. The van der Waals surface area contributed by atoms with Crippen LogP contribution in [0.3, 0.4) is 0 Å². The third-order valence-electron chi connectivity index (χ3n) is 2.78. The van der Waals surface area contributed by atoms with Gasteiger partial charge in [0.1, 0.15) is 6.54 Å². The molecule has 0 aromatic heterocycles. The molecule has 0 radical (unpaired) electrons. The lowest BCUT2D eigenvalue weighted by atomic mass is 10.3. The van der Waals surface area contributed by atoms with Crippen LogP contribution in [0.25, 0.3) is 0 Å². The van der Waals surface area contributed by atoms with Gasteiger partial charge in [-0.05, 0) is 31.5 Å². The molecule has 124 valence electrons. The van der Waals surface area contributed by atoms with Crippen LogP contribution < -0.4 is 9.62 Å². The number of halogens is 1. The van der Waals surface area contributed by atoms with Gasteiger partial charge in [-0.25, -0.2) is 8.42 Å². The summed E-state index contributed by atoms with van der Waals surface area (Å²) in [4.78, 5) is 11.9. The number of rotatable bonds is 9. The molecule has 1 amide bonds. The number of amides is 1. The summed E-state index contributed by atoms with van der Waals surface area (Å²) in [5.74, 6) is -0.345. The number of nitrogens with one attached hydrogen (secondary N) is 1. The summed E-state index contributed by atoms with van der Waals surface area (Å²) in [6.07, 6.45) is 1.77. The van der Waals surface area contributed by atoms with E-state index >= 15 is 0 Å². The zero-order valence-electron chi connectivity index (χ0n) is 12.7. The van der Waals surface area contributed by atoms with E-state index in [9.17, 15) is 13.2 Å². The third-order valence-corrected chi connectivity index (χ3v) is 4.41. The fraction of sp³-hybridized carbons (Fsp3) is 0.500. The number of hydrogen-bond acceptors (Lipinski definition) is 4. The molecule has 1 aromatic rings. The average Bonchev–Trinajstić information content (AvgIpc) is 2.43. The molecule has 0 saturated carbocycles. The lowest BCUT2D eigenvalue weighted by Crippen LogP contribution is -2.40. The topological polar surface area (TPSA) is 75.7 Å². The molecule has 0 atom stereocenters. The maximum atomic E-state index is 11.9. The lowest BCUT2D eigenvalue weighted by Gasteiger charge is -2.22. The van der Waals surface area contributed by atoms with Gasteiger partial charge in [0.15, 0.2) is 0 Å². The maximum Gasteiger partial charge on any atom is 0.240 e. The first kappa shape index (κ1) is 18.9. The lowest BCUT2D eigenvalue weighted by molar-refractivity contribution is -0.119. The fourth-order valence-corrected chi connectivity index (χ4v) is 3.00. The van der Waals surface area contributed by atoms with E-state index < -0.39 is 10.0 Å². The Balaban J connectivity index is 2.65. The summed E-state index contributed by atoms with van der Waals surface area (Å²) in [6.45, 7) is 3.32. The van der Waals surface area contributed by atoms with Crippen LogP contribution in [0.4, 0.5) is 5.69 Å². The Labute approximate surface area is 140 Å². The fourth-order valence-electron chi connectivity index (χ4n) is 1.76. The molecule has 22 heavy (non-hydrogen) atoms. The van der Waals surface area contributed by atoms with E-state index in [0.717, 1.165) is 15.0 Å². The average molecular weight is 393 g/mol. The monoisotopic (exact) mass is 392 g/mol. The van der Waals surface area contributed by atoms with Crippen molar-refractivity contribution in [2.45, 2.75) is 13.3 Å². The molecule has 0 aliphatic carbocycles. The summed E-state index contributed by atoms with van der Waals surface area (Å²) in [6, 6.07) is 6.81. The number of nitrogens with zero attached hydrogens (tertiary/aromatic N) is 1. The van der Waals surface area contributed by atoms with Crippen molar-refractivity contribution in [2.75, 3.05) is 36.9 Å². The van der Waals surface area contributed by atoms with Crippen LogP contribution in [0.15, 0.2) is 28.7 Å². The molecule has 0 saturated heterocycles. The van der Waals surface area contributed by atoms with Crippen LogP contribution in [-0.4, -0.2) is 46.9 Å². The van der Waals surface area contributed by atoms with Crippen molar-refractivity contribution in [3.05, 3.63) is 28.7 Å². The van der Waals surface area contributed by atoms with Crippen molar-refractivity contribution in [3.63, 3.8) is 0 Å². The number of benzene rings is 1. The highest BCUT2D eigenvalue weighted by molar-refractivity contribution is 9.10. The summed E-state index contributed by atoms with van der Waals surface area (Å²) >= 11 is 3.29. The van der Waals surface area contributed by atoms with Gasteiger partial charge in [0, 0.05) is 24.2 Å². The molecule has 1 rings (SSSR count). The summed E-state index contributed by atoms with van der Waals surface area (Å²) < 4.78 is 30.8. The molecule has 0 heterocycles. The first-order chi connectivity index (χ1) is 10.3. The first-order valence-corrected chi connectivity index (χ1v) is 9.56. The minimum Gasteiger partial charge on any atom is -0.382 e. The van der Waals surface area contributed by atoms with Gasteiger partial charge in [-0.1, -0.05) is 22.0 Å². The molecule has 6 nitrogen and oxygen atoms in total. The van der Waals surface area contributed by atoms with Gasteiger partial charge < -0.3 is 10.1 Å². The number of ether oxygens (including phenoxy) is 1. The highest BCUT2D eigenvalue weighted by Gasteiger charge is 2.20. The molecule has 0 fully saturated rings. The second kappa shape index (κ2) is 9.12. The van der Waals surface area contributed by atoms with E-state index in [2.05, 4.69) is 21.2 Å². The van der Waals surface area contributed by atoms with Crippen LogP contribution in [-0.2, 0) is 19.6 Å². The van der Waals surface area contributed by atoms with Crippen LogP contribution in [0, 0.1) is 0 Å². The predicted octanol–water partition coefficient (Wildman–Crippen LogP) is 1.76. The van der Waals surface area contributed by atoms with Gasteiger partial charge in [-0.3, -0.25) is 9.10 Å². The van der Waals surface area contributed by atoms with Gasteiger partial charge in [0.2, 0.25) is 15.9 Å². The van der Waals surface area contributed by atoms with Gasteiger partial charge in [0.05, 0.1) is 11.9 Å². The van der Waals surface area contributed by atoms with Crippen molar-refractivity contribution >= 4 is 37.5 Å². The third kappa shape index (κ3) is 6.76. The summed E-state index contributed by atoms with van der Waals surface area (Å²) in [5.41, 5.74) is 0.446. The van der Waals surface area contributed by atoms with E-state index in [0.29, 0.717) is 31.9 Å². The highest BCUT2D eigenvalue weighted by atomic mass is 79.9. The van der Waals surface area contributed by atoms with Crippen LogP contribution in [0.5, 0.6) is 0 Å². The highest BCUT2D eigenvalue weighted by Crippen LogP contribution is 2.21. The van der Waals surface area contributed by atoms with E-state index in [1.54, 1.807) is 24.3 Å². The van der Waals surface area contributed by atoms with Crippen LogP contribution in [0.2, 0.25) is 0 Å². The van der Waals surface area contributed by atoms with E-state index in [1.165, 1.54) is 0 Å². The Morgan fingerprint density at radius 3 is 2.73 bits per heavy atom. The largest absolute Gasteiger partial charge is 0.382 e. The number of anilines is 1. The normalized spacial score (nSPS) is 11.2. The standard InChI is InChI=1S/C14H21BrN2O4S/c1-3-21-9-5-8-16-14(18)11-17(22(2,19)20)13-7-4-6-12(15)10-13/h4,6-7,10H,3,5,8-9,11H2,1-2H3,(H,16,18). The Morgan fingerprint density at radius 1 is 1.41 bits per heavy atom. The predicted molar refractivity (Wildman–Crippen MR) is 90.5 cm³/mol. The van der Waals surface area contributed by atoms with Crippen molar-refractivity contribution in [2.24, 2.45) is 0 Å². The van der Waals surface area contributed by atoms with Crippen LogP contribution >= 0.6 is 15.9 Å². The van der Waals surface area contributed by atoms with Crippen LogP contribution in [0.1, 0.15) is 13.3 Å². The quantitative estimate of drug-likeness (QED) is 0.649. The van der Waals surface area contributed by atoms with Gasteiger partial charge >= 0.3 is 0 Å². The Morgan fingerprint density at radius 2 is 2.14 bits per heavy atom. The minimum absolute atomic E-state index is 0.246. The molecule has 0 unspecified atom stereocenters. The molecule has 0 bridgehead atoms. The van der Waals surface area contributed by atoms with Crippen molar-refractivity contribution in [1.29, 1.82) is 0 Å². The molecule has 0 aliphatic rings. The van der Waals surface area contributed by atoms with Gasteiger partial charge in [0.25, 0.3) is 0 Å². The molecular formula is C14H21BrN2O4S. The minimum atomic E-state index is -3.54. The van der Waals surface area contributed by atoms with Crippen molar-refractivity contribution in [1.82, 2.24) is 5.32 Å². The molecule has 1 N–H and O–H groups in total. The summed E-state index contributed by atoms with van der Waals surface area (Å²) in [7, 11) is -3.54. The smallest absolute Gasteiger partial charge is 0.240 e.